The summed E-state index contributed by atoms with van der Waals surface area (Å²) in [5.41, 5.74) is 10.9. The van der Waals surface area contributed by atoms with E-state index in [-0.39, 0.29) is 0 Å². The molecular formula is C33H27N. The van der Waals surface area contributed by atoms with Crippen molar-refractivity contribution in [3.05, 3.63) is 161 Å². The average Bonchev–Trinajstić information content (AvgIpc) is 2.89. The molecule has 0 unspecified atom stereocenters. The highest BCUT2D eigenvalue weighted by molar-refractivity contribution is 5.89. The lowest BCUT2D eigenvalue weighted by atomic mass is 9.62. The van der Waals surface area contributed by atoms with Crippen LogP contribution in [0.1, 0.15) is 33.4 Å². The fraction of sp³-hybridized carbons (Fsp3) is 0.0909. The second-order valence-electron chi connectivity index (χ2n) is 9.19. The average molecular weight is 438 g/mol. The summed E-state index contributed by atoms with van der Waals surface area (Å²) in [6, 6.07) is 46.5. The Hall–Kier alpha value is -4.10. The Kier molecular flexibility index (Phi) is 4.85. The Morgan fingerprint density at radius 3 is 1.32 bits per heavy atom. The summed E-state index contributed by atoms with van der Waals surface area (Å²) in [5.74, 6) is 0. The Morgan fingerprint density at radius 2 is 0.882 bits per heavy atom. The quantitative estimate of drug-likeness (QED) is 0.268. The van der Waals surface area contributed by atoms with Crippen molar-refractivity contribution in [3.8, 4) is 0 Å². The van der Waals surface area contributed by atoms with Crippen LogP contribution in [0.3, 0.4) is 0 Å². The Balaban J connectivity index is 1.82. The molecule has 1 heteroatoms. The van der Waals surface area contributed by atoms with Crippen molar-refractivity contribution in [1.29, 1.82) is 0 Å². The number of rotatable bonds is 3. The maximum atomic E-state index is 2.42. The van der Waals surface area contributed by atoms with Gasteiger partial charge >= 0.3 is 0 Å². The Bertz CT molecular complexity index is 1360. The van der Waals surface area contributed by atoms with E-state index in [0.717, 1.165) is 0 Å². The lowest BCUT2D eigenvalue weighted by molar-refractivity contribution is 0.729. The number of aryl methyl sites for hydroxylation is 2. The minimum absolute atomic E-state index is 0.420. The highest BCUT2D eigenvalue weighted by atomic mass is 15.2. The monoisotopic (exact) mass is 437 g/mol. The van der Waals surface area contributed by atoms with E-state index < -0.39 is 5.41 Å². The normalized spacial score (nSPS) is 13.8. The van der Waals surface area contributed by atoms with Crippen molar-refractivity contribution in [2.45, 2.75) is 19.3 Å². The van der Waals surface area contributed by atoms with Gasteiger partial charge < -0.3 is 4.90 Å². The summed E-state index contributed by atoms with van der Waals surface area (Å²) in [5, 5.41) is 0. The van der Waals surface area contributed by atoms with E-state index in [0.29, 0.717) is 0 Å². The number of anilines is 3. The molecule has 0 atom stereocenters. The molecule has 0 radical (unpaired) electrons. The van der Waals surface area contributed by atoms with Crippen molar-refractivity contribution >= 4 is 17.1 Å². The zero-order valence-corrected chi connectivity index (χ0v) is 19.6. The van der Waals surface area contributed by atoms with Crippen LogP contribution >= 0.6 is 0 Å². The van der Waals surface area contributed by atoms with Crippen LogP contribution in [0.5, 0.6) is 0 Å². The number of nitrogens with zero attached hydrogens (tertiary/aromatic N) is 1. The molecule has 34 heavy (non-hydrogen) atoms. The van der Waals surface area contributed by atoms with Gasteiger partial charge in [0.25, 0.3) is 0 Å². The van der Waals surface area contributed by atoms with Crippen molar-refractivity contribution in [2.24, 2.45) is 0 Å². The predicted octanol–water partition coefficient (Wildman–Crippen LogP) is 8.47. The van der Waals surface area contributed by atoms with Gasteiger partial charge in [0.1, 0.15) is 0 Å². The third kappa shape index (κ3) is 3.01. The maximum absolute atomic E-state index is 2.42. The zero-order chi connectivity index (χ0) is 23.1. The van der Waals surface area contributed by atoms with E-state index in [2.05, 4.69) is 146 Å². The van der Waals surface area contributed by atoms with Crippen LogP contribution in [0.2, 0.25) is 0 Å². The number of para-hydroxylation sites is 1. The van der Waals surface area contributed by atoms with E-state index in [9.17, 15) is 0 Å². The number of fused-ring (bicyclic) bond motifs is 2. The molecule has 0 saturated carbocycles. The molecule has 6 rings (SSSR count). The van der Waals surface area contributed by atoms with Gasteiger partial charge in [0.2, 0.25) is 0 Å². The highest BCUT2D eigenvalue weighted by Gasteiger charge is 2.46. The van der Waals surface area contributed by atoms with Gasteiger partial charge in [0.05, 0.1) is 16.8 Å². The topological polar surface area (TPSA) is 3.24 Å². The predicted molar refractivity (Wildman–Crippen MR) is 142 cm³/mol. The molecule has 164 valence electrons. The molecule has 1 aliphatic heterocycles. The maximum Gasteiger partial charge on any atom is 0.0742 e. The van der Waals surface area contributed by atoms with Gasteiger partial charge in [0.15, 0.2) is 0 Å². The first-order valence-electron chi connectivity index (χ1n) is 11.9. The summed E-state index contributed by atoms with van der Waals surface area (Å²) in [7, 11) is 0. The fourth-order valence-electron chi connectivity index (χ4n) is 5.59. The third-order valence-electron chi connectivity index (χ3n) is 7.02. The van der Waals surface area contributed by atoms with Crippen molar-refractivity contribution in [3.63, 3.8) is 0 Å². The van der Waals surface area contributed by atoms with Gasteiger partial charge in [-0.05, 0) is 60.4 Å². The summed E-state index contributed by atoms with van der Waals surface area (Å²) >= 11 is 0. The largest absolute Gasteiger partial charge is 0.310 e. The first-order chi connectivity index (χ1) is 16.7. The fourth-order valence-corrected chi connectivity index (χ4v) is 5.59. The second kappa shape index (κ2) is 8.04. The highest BCUT2D eigenvalue weighted by Crippen LogP contribution is 2.57. The molecule has 0 saturated heterocycles. The molecule has 5 aromatic rings. The summed E-state index contributed by atoms with van der Waals surface area (Å²) in [6.45, 7) is 4.39. The van der Waals surface area contributed by atoms with Crippen LogP contribution in [0.15, 0.2) is 127 Å². The molecular weight excluding hydrogens is 410 g/mol. The van der Waals surface area contributed by atoms with Gasteiger partial charge in [-0.1, -0.05) is 114 Å². The Morgan fingerprint density at radius 1 is 0.471 bits per heavy atom. The lowest BCUT2D eigenvalue weighted by Gasteiger charge is -2.46. The van der Waals surface area contributed by atoms with Crippen LogP contribution in [-0.4, -0.2) is 0 Å². The van der Waals surface area contributed by atoms with E-state index in [1.807, 2.05) is 0 Å². The molecule has 5 aromatic carbocycles. The van der Waals surface area contributed by atoms with Crippen LogP contribution in [-0.2, 0) is 5.41 Å². The summed E-state index contributed by atoms with van der Waals surface area (Å²) in [4.78, 5) is 2.42. The van der Waals surface area contributed by atoms with Crippen LogP contribution < -0.4 is 4.90 Å². The molecule has 0 N–H and O–H groups in total. The van der Waals surface area contributed by atoms with Gasteiger partial charge in [-0.3, -0.25) is 0 Å². The standard InChI is InChI=1S/C33H27N/c1-24-18-20-31-29(22-24)33(26-12-6-3-7-13-26,27-14-8-4-9-15-27)30-23-25(2)19-21-32(30)34(31)28-16-10-5-11-17-28/h3-23H,1-2H3. The van der Waals surface area contributed by atoms with E-state index in [1.54, 1.807) is 0 Å². The SMILES string of the molecule is Cc1ccc2c(c1)C(c1ccccc1)(c1ccccc1)c1cc(C)ccc1N2c1ccccc1. The molecule has 0 aliphatic carbocycles. The number of hydrogen-bond acceptors (Lipinski definition) is 1. The minimum Gasteiger partial charge on any atom is -0.310 e. The van der Waals surface area contributed by atoms with Gasteiger partial charge in [0, 0.05) is 5.69 Å². The molecule has 0 aromatic heterocycles. The molecule has 0 spiro atoms. The van der Waals surface area contributed by atoms with E-state index in [1.165, 1.54) is 50.4 Å². The smallest absolute Gasteiger partial charge is 0.0742 e. The Labute approximate surface area is 202 Å². The van der Waals surface area contributed by atoms with Gasteiger partial charge in [-0.15, -0.1) is 0 Å². The summed E-state index contributed by atoms with van der Waals surface area (Å²) < 4.78 is 0. The molecule has 0 fully saturated rings. The zero-order valence-electron chi connectivity index (χ0n) is 19.6. The van der Waals surface area contributed by atoms with E-state index in [4.69, 9.17) is 0 Å². The van der Waals surface area contributed by atoms with Crippen molar-refractivity contribution in [1.82, 2.24) is 0 Å². The second-order valence-corrected chi connectivity index (χ2v) is 9.19. The van der Waals surface area contributed by atoms with Gasteiger partial charge in [-0.25, -0.2) is 0 Å². The number of benzene rings is 5. The van der Waals surface area contributed by atoms with E-state index >= 15 is 0 Å². The molecule has 0 amide bonds. The van der Waals surface area contributed by atoms with Crippen LogP contribution in [0, 0.1) is 13.8 Å². The molecule has 0 bridgehead atoms. The molecule has 1 heterocycles. The van der Waals surface area contributed by atoms with Crippen molar-refractivity contribution < 1.29 is 0 Å². The van der Waals surface area contributed by atoms with Crippen molar-refractivity contribution in [2.75, 3.05) is 4.90 Å². The number of hydrogen-bond donors (Lipinski definition) is 0. The van der Waals surface area contributed by atoms with Gasteiger partial charge in [-0.2, -0.15) is 0 Å². The van der Waals surface area contributed by atoms with Crippen LogP contribution in [0.25, 0.3) is 0 Å². The molecule has 1 nitrogen and oxygen atoms in total. The minimum atomic E-state index is -0.420. The molecule has 1 aliphatic rings. The lowest BCUT2D eigenvalue weighted by Crippen LogP contribution is -2.38. The first kappa shape index (κ1) is 20.5. The third-order valence-corrected chi connectivity index (χ3v) is 7.02. The first-order valence-corrected chi connectivity index (χ1v) is 11.9. The van der Waals surface area contributed by atoms with Crippen LogP contribution in [0.4, 0.5) is 17.1 Å². The summed E-state index contributed by atoms with van der Waals surface area (Å²) in [6.07, 6.45) is 0.